The van der Waals surface area contributed by atoms with Crippen LogP contribution in [0.4, 0.5) is 4.39 Å². The van der Waals surface area contributed by atoms with Crippen molar-refractivity contribution in [3.05, 3.63) is 86.8 Å². The minimum Gasteiger partial charge on any atom is -0.489 e. The minimum absolute atomic E-state index is 0.0606. The van der Waals surface area contributed by atoms with E-state index in [9.17, 15) is 9.18 Å². The van der Waals surface area contributed by atoms with E-state index in [1.807, 2.05) is 46.7 Å². The highest BCUT2D eigenvalue weighted by molar-refractivity contribution is 7.12. The fourth-order valence-corrected chi connectivity index (χ4v) is 4.49. The number of amides is 1. The maximum Gasteiger partial charge on any atom is 0.264 e. The van der Waals surface area contributed by atoms with Gasteiger partial charge in [0.05, 0.1) is 4.88 Å². The molecule has 0 bridgehead atoms. The zero-order valence-corrected chi connectivity index (χ0v) is 18.0. The van der Waals surface area contributed by atoms with Gasteiger partial charge in [-0.15, -0.1) is 11.3 Å². The van der Waals surface area contributed by atoms with Crippen molar-refractivity contribution >= 4 is 28.8 Å². The van der Waals surface area contributed by atoms with Crippen LogP contribution in [0.25, 0.3) is 0 Å². The van der Waals surface area contributed by atoms with Crippen molar-refractivity contribution in [2.45, 2.75) is 13.2 Å². The molecule has 30 heavy (non-hydrogen) atoms. The molecule has 2 aromatic carbocycles. The molecule has 0 unspecified atom stereocenters. The third kappa shape index (κ3) is 5.19. The Labute approximate surface area is 184 Å². The van der Waals surface area contributed by atoms with Crippen LogP contribution in [-0.2, 0) is 13.2 Å². The average molecular weight is 445 g/mol. The van der Waals surface area contributed by atoms with Gasteiger partial charge >= 0.3 is 0 Å². The molecule has 0 spiro atoms. The van der Waals surface area contributed by atoms with Crippen molar-refractivity contribution < 1.29 is 13.9 Å². The molecule has 1 fully saturated rings. The second kappa shape index (κ2) is 9.60. The Kier molecular flexibility index (Phi) is 6.67. The number of rotatable bonds is 6. The molecule has 1 aliphatic heterocycles. The molecule has 1 aromatic heterocycles. The lowest BCUT2D eigenvalue weighted by Gasteiger charge is -2.34. The predicted octanol–water partition coefficient (Wildman–Crippen LogP) is 5.08. The lowest BCUT2D eigenvalue weighted by Crippen LogP contribution is -2.48. The number of carbonyl (C=O) groups is 1. The summed E-state index contributed by atoms with van der Waals surface area (Å²) in [5.74, 6) is 0.544. The van der Waals surface area contributed by atoms with E-state index in [1.54, 1.807) is 6.07 Å². The fraction of sp³-hybridized carbons (Fsp3) is 0.261. The van der Waals surface area contributed by atoms with Gasteiger partial charge in [0.15, 0.2) is 0 Å². The summed E-state index contributed by atoms with van der Waals surface area (Å²) in [4.78, 5) is 17.7. The molecule has 3 aromatic rings. The van der Waals surface area contributed by atoms with Crippen LogP contribution in [0, 0.1) is 5.82 Å². The Hall–Kier alpha value is -2.41. The molecular formula is C23H22ClFN2O2S. The Balaban J connectivity index is 1.28. The van der Waals surface area contributed by atoms with Crippen LogP contribution in [0.5, 0.6) is 5.75 Å². The van der Waals surface area contributed by atoms with Gasteiger partial charge in [0.1, 0.15) is 18.2 Å². The van der Waals surface area contributed by atoms with E-state index in [4.69, 9.17) is 16.3 Å². The topological polar surface area (TPSA) is 32.8 Å². The zero-order chi connectivity index (χ0) is 20.9. The van der Waals surface area contributed by atoms with Crippen molar-refractivity contribution in [1.82, 2.24) is 9.80 Å². The third-order valence-corrected chi connectivity index (χ3v) is 6.40. The van der Waals surface area contributed by atoms with Gasteiger partial charge < -0.3 is 9.64 Å². The number of benzene rings is 2. The zero-order valence-electron chi connectivity index (χ0n) is 16.4. The van der Waals surface area contributed by atoms with Crippen molar-refractivity contribution in [3.63, 3.8) is 0 Å². The van der Waals surface area contributed by atoms with Crippen LogP contribution in [0.2, 0.25) is 5.02 Å². The highest BCUT2D eigenvalue weighted by Crippen LogP contribution is 2.22. The molecule has 4 nitrogen and oxygen atoms in total. The highest BCUT2D eigenvalue weighted by atomic mass is 35.5. The summed E-state index contributed by atoms with van der Waals surface area (Å²) in [7, 11) is 0. The quantitative estimate of drug-likeness (QED) is 0.531. The van der Waals surface area contributed by atoms with Crippen molar-refractivity contribution in [3.8, 4) is 5.75 Å². The number of carbonyl (C=O) groups excluding carboxylic acids is 1. The molecule has 0 saturated carbocycles. The smallest absolute Gasteiger partial charge is 0.264 e. The highest BCUT2D eigenvalue weighted by Gasteiger charge is 2.23. The van der Waals surface area contributed by atoms with E-state index >= 15 is 0 Å². The van der Waals surface area contributed by atoms with Crippen molar-refractivity contribution in [2.24, 2.45) is 0 Å². The Morgan fingerprint density at radius 1 is 1.07 bits per heavy atom. The summed E-state index contributed by atoms with van der Waals surface area (Å²) >= 11 is 7.59. The monoisotopic (exact) mass is 444 g/mol. The molecule has 0 N–H and O–H groups in total. The van der Waals surface area contributed by atoms with Gasteiger partial charge in [0.25, 0.3) is 5.91 Å². The average Bonchev–Trinajstić information content (AvgIpc) is 3.24. The van der Waals surface area contributed by atoms with Gasteiger partial charge in [-0.2, -0.15) is 0 Å². The fourth-order valence-electron chi connectivity index (χ4n) is 3.40. The molecule has 4 rings (SSSR count). The third-order valence-electron chi connectivity index (χ3n) is 5.08. The molecule has 2 heterocycles. The van der Waals surface area contributed by atoms with Gasteiger partial charge in [0.2, 0.25) is 0 Å². The van der Waals surface area contributed by atoms with Gasteiger partial charge in [-0.25, -0.2) is 4.39 Å². The van der Waals surface area contributed by atoms with E-state index in [0.717, 1.165) is 34.8 Å². The molecule has 1 amide bonds. The molecule has 156 valence electrons. The van der Waals surface area contributed by atoms with Gasteiger partial charge in [-0.05, 0) is 41.3 Å². The number of hydrogen-bond donors (Lipinski definition) is 0. The minimum atomic E-state index is -0.330. The summed E-state index contributed by atoms with van der Waals surface area (Å²) in [6.07, 6.45) is 0. The molecular weight excluding hydrogens is 423 g/mol. The normalized spacial score (nSPS) is 14.7. The number of thiophene rings is 1. The number of para-hydroxylation sites is 1. The summed E-state index contributed by atoms with van der Waals surface area (Å²) in [5, 5.41) is 2.42. The number of hydrogen-bond acceptors (Lipinski definition) is 4. The first-order valence-corrected chi connectivity index (χ1v) is 11.0. The second-order valence-corrected chi connectivity index (χ2v) is 8.54. The first kappa shape index (κ1) is 20.8. The van der Waals surface area contributed by atoms with E-state index in [0.29, 0.717) is 31.3 Å². The second-order valence-electron chi connectivity index (χ2n) is 7.23. The van der Waals surface area contributed by atoms with Crippen LogP contribution in [0.15, 0.2) is 60.0 Å². The predicted molar refractivity (Wildman–Crippen MR) is 118 cm³/mol. The van der Waals surface area contributed by atoms with E-state index < -0.39 is 0 Å². The van der Waals surface area contributed by atoms with E-state index in [2.05, 4.69) is 4.90 Å². The van der Waals surface area contributed by atoms with Crippen LogP contribution in [-0.4, -0.2) is 41.9 Å². The summed E-state index contributed by atoms with van der Waals surface area (Å²) in [6, 6.07) is 16.0. The van der Waals surface area contributed by atoms with Crippen molar-refractivity contribution in [2.75, 3.05) is 26.2 Å². The summed E-state index contributed by atoms with van der Waals surface area (Å²) in [6.45, 7) is 3.93. The summed E-state index contributed by atoms with van der Waals surface area (Å²) < 4.78 is 19.0. The van der Waals surface area contributed by atoms with E-state index in [-0.39, 0.29) is 11.7 Å². The molecule has 0 atom stereocenters. The number of halogens is 2. The molecule has 0 aliphatic carbocycles. The Morgan fingerprint density at radius 2 is 1.83 bits per heavy atom. The SMILES string of the molecule is O=C(c1cc(COc2ccccc2)cs1)N1CCN(Cc2ccc(F)cc2Cl)CC1. The number of nitrogens with zero attached hydrogens (tertiary/aromatic N) is 2. The Morgan fingerprint density at radius 3 is 2.57 bits per heavy atom. The number of ether oxygens (including phenoxy) is 1. The van der Waals surface area contributed by atoms with Gasteiger partial charge in [0, 0.05) is 43.3 Å². The van der Waals surface area contributed by atoms with E-state index in [1.165, 1.54) is 23.5 Å². The lowest BCUT2D eigenvalue weighted by molar-refractivity contribution is 0.0633. The van der Waals surface area contributed by atoms with Crippen LogP contribution >= 0.6 is 22.9 Å². The van der Waals surface area contributed by atoms with Crippen molar-refractivity contribution in [1.29, 1.82) is 0 Å². The summed E-state index contributed by atoms with van der Waals surface area (Å²) in [5.41, 5.74) is 1.90. The van der Waals surface area contributed by atoms with Crippen LogP contribution < -0.4 is 4.74 Å². The Bertz CT molecular complexity index is 1000. The number of piperazine rings is 1. The first-order valence-electron chi connectivity index (χ1n) is 9.79. The maximum absolute atomic E-state index is 13.2. The lowest BCUT2D eigenvalue weighted by atomic mass is 10.2. The molecule has 1 aliphatic rings. The first-order chi connectivity index (χ1) is 14.6. The molecule has 0 radical (unpaired) electrons. The largest absolute Gasteiger partial charge is 0.489 e. The maximum atomic E-state index is 13.2. The standard InChI is InChI=1S/C23H22ClFN2O2S/c24-21-13-19(25)7-6-18(21)14-26-8-10-27(11-9-26)23(28)22-12-17(16-30-22)15-29-20-4-2-1-3-5-20/h1-7,12-13,16H,8-11,14-15H2. The molecule has 1 saturated heterocycles. The van der Waals surface area contributed by atoms with Crippen LogP contribution in [0.3, 0.4) is 0 Å². The van der Waals surface area contributed by atoms with Gasteiger partial charge in [-0.3, -0.25) is 9.69 Å². The van der Waals surface area contributed by atoms with Gasteiger partial charge in [-0.1, -0.05) is 35.9 Å². The van der Waals surface area contributed by atoms with Crippen LogP contribution in [0.1, 0.15) is 20.8 Å². The molecule has 7 heteroatoms.